The van der Waals surface area contributed by atoms with E-state index in [0.29, 0.717) is 6.07 Å². The molecule has 2 amide bonds. The third kappa shape index (κ3) is 4.30. The Balaban J connectivity index is 1.49. The third-order valence-electron chi connectivity index (χ3n) is 4.67. The van der Waals surface area contributed by atoms with Crippen LogP contribution >= 0.6 is 11.3 Å². The molecule has 0 fully saturated rings. The van der Waals surface area contributed by atoms with Gasteiger partial charge >= 0.3 is 0 Å². The van der Waals surface area contributed by atoms with Crippen molar-refractivity contribution in [2.24, 2.45) is 0 Å². The zero-order valence-electron chi connectivity index (χ0n) is 14.6. The van der Waals surface area contributed by atoms with Crippen LogP contribution in [0.4, 0.5) is 18.9 Å². The van der Waals surface area contributed by atoms with Gasteiger partial charge in [0.05, 0.1) is 18.8 Å². The van der Waals surface area contributed by atoms with Crippen molar-refractivity contribution in [2.45, 2.75) is 19.4 Å². The number of thiophene rings is 1. The maximum absolute atomic E-state index is 13.5. The normalized spacial score (nSPS) is 18.7. The minimum Gasteiger partial charge on any atom is -0.342 e. The Hall–Kier alpha value is -2.39. The Kier molecular flexibility index (Phi) is 5.81. The van der Waals surface area contributed by atoms with Gasteiger partial charge in [-0.1, -0.05) is 0 Å². The topological polar surface area (TPSA) is 62.6 Å². The van der Waals surface area contributed by atoms with E-state index in [0.717, 1.165) is 23.9 Å². The molecule has 3 rings (SSSR count). The molecular weight excluding hydrogens is 379 g/mol. The maximum atomic E-state index is 13.5. The predicted molar refractivity (Wildman–Crippen MR) is 95.1 cm³/mol. The molecule has 0 spiro atoms. The number of nitrogens with one attached hydrogen (secondary N) is 3. The van der Waals surface area contributed by atoms with Crippen molar-refractivity contribution in [3.05, 3.63) is 51.5 Å². The highest BCUT2D eigenvalue weighted by molar-refractivity contribution is 7.10. The van der Waals surface area contributed by atoms with Crippen LogP contribution in [-0.4, -0.2) is 31.4 Å². The van der Waals surface area contributed by atoms with Crippen molar-refractivity contribution in [3.63, 3.8) is 0 Å². The summed E-state index contributed by atoms with van der Waals surface area (Å²) < 4.78 is 39.6. The highest BCUT2D eigenvalue weighted by atomic mass is 32.1. The second kappa shape index (κ2) is 8.10. The van der Waals surface area contributed by atoms with E-state index in [2.05, 4.69) is 23.6 Å². The fraction of sp³-hybridized carbons (Fsp3) is 0.333. The fourth-order valence-electron chi connectivity index (χ4n) is 3.16. The molecule has 1 unspecified atom stereocenters. The number of hydrogen-bond acceptors (Lipinski definition) is 3. The summed E-state index contributed by atoms with van der Waals surface area (Å²) in [6.45, 7) is 2.71. The van der Waals surface area contributed by atoms with Crippen LogP contribution < -0.4 is 15.5 Å². The molecule has 0 aliphatic carbocycles. The molecule has 1 aliphatic heterocycles. The van der Waals surface area contributed by atoms with Crippen LogP contribution in [0, 0.1) is 17.5 Å². The first-order chi connectivity index (χ1) is 12.9. The van der Waals surface area contributed by atoms with Crippen molar-refractivity contribution in [1.82, 2.24) is 5.32 Å². The molecule has 1 aliphatic rings. The highest BCUT2D eigenvalue weighted by Crippen LogP contribution is 2.24. The van der Waals surface area contributed by atoms with Gasteiger partial charge in [0.15, 0.2) is 24.0 Å². The van der Waals surface area contributed by atoms with Crippen molar-refractivity contribution in [3.8, 4) is 0 Å². The molecule has 0 radical (unpaired) electrons. The van der Waals surface area contributed by atoms with E-state index in [1.807, 2.05) is 5.38 Å². The molecule has 0 saturated heterocycles. The Labute approximate surface area is 158 Å². The lowest BCUT2D eigenvalue weighted by molar-refractivity contribution is -0.924. The number of carbonyl (C=O) groups is 2. The molecule has 5 nitrogen and oxygen atoms in total. The van der Waals surface area contributed by atoms with Crippen molar-refractivity contribution >= 4 is 28.8 Å². The van der Waals surface area contributed by atoms with Gasteiger partial charge in [0.25, 0.3) is 5.91 Å². The quantitative estimate of drug-likeness (QED) is 0.668. The minimum absolute atomic E-state index is 0.191. The molecule has 0 saturated carbocycles. The zero-order chi connectivity index (χ0) is 19.6. The minimum atomic E-state index is -1.66. The standard InChI is InChI=1S/C18H18F3N3O2S/c1-10-11-5-7-27-14(11)4-6-24(10)9-16(26)22-8-15(25)23-13-3-2-12(19)17(20)18(13)21/h2-3,5,7,10H,4,6,8-9H2,1H3,(H,22,26)(H,23,25)/p+1/t10-/m0/s1. The Bertz CT molecular complexity index is 872. The van der Waals surface area contributed by atoms with E-state index >= 15 is 0 Å². The van der Waals surface area contributed by atoms with Crippen LogP contribution in [-0.2, 0) is 16.0 Å². The average molecular weight is 398 g/mol. The van der Waals surface area contributed by atoms with Gasteiger partial charge in [-0.15, -0.1) is 11.3 Å². The summed E-state index contributed by atoms with van der Waals surface area (Å²) in [7, 11) is 0. The first kappa shape index (κ1) is 19.4. The number of benzene rings is 1. The van der Waals surface area contributed by atoms with E-state index < -0.39 is 29.0 Å². The number of fused-ring (bicyclic) bond motifs is 1. The number of anilines is 1. The van der Waals surface area contributed by atoms with E-state index in [9.17, 15) is 22.8 Å². The molecule has 9 heteroatoms. The Morgan fingerprint density at radius 1 is 1.19 bits per heavy atom. The van der Waals surface area contributed by atoms with Crippen LogP contribution in [0.3, 0.4) is 0 Å². The first-order valence-electron chi connectivity index (χ1n) is 8.47. The molecular formula is C18H19F3N3O2S+. The molecule has 3 N–H and O–H groups in total. The van der Waals surface area contributed by atoms with Crippen molar-refractivity contribution in [2.75, 3.05) is 25.0 Å². The van der Waals surface area contributed by atoms with Crippen LogP contribution in [0.25, 0.3) is 0 Å². The van der Waals surface area contributed by atoms with Crippen molar-refractivity contribution in [1.29, 1.82) is 0 Å². The fourth-order valence-corrected chi connectivity index (χ4v) is 4.14. The van der Waals surface area contributed by atoms with Gasteiger partial charge in [-0.05, 0) is 30.5 Å². The predicted octanol–water partition coefficient (Wildman–Crippen LogP) is 1.42. The molecule has 2 heterocycles. The van der Waals surface area contributed by atoms with Crippen LogP contribution in [0.1, 0.15) is 23.4 Å². The lowest BCUT2D eigenvalue weighted by atomic mass is 10.0. The lowest BCUT2D eigenvalue weighted by Crippen LogP contribution is -3.14. The van der Waals surface area contributed by atoms with E-state index in [-0.39, 0.29) is 25.0 Å². The summed E-state index contributed by atoms with van der Waals surface area (Å²) in [5.41, 5.74) is 0.772. The second-order valence-electron chi connectivity index (χ2n) is 6.40. The summed E-state index contributed by atoms with van der Waals surface area (Å²) in [5.74, 6) is -5.52. The third-order valence-corrected chi connectivity index (χ3v) is 5.67. The Morgan fingerprint density at radius 2 is 1.96 bits per heavy atom. The molecule has 144 valence electrons. The van der Waals surface area contributed by atoms with E-state index in [1.165, 1.54) is 10.4 Å². The number of hydrogen-bond donors (Lipinski definition) is 3. The molecule has 0 bridgehead atoms. The van der Waals surface area contributed by atoms with Gasteiger partial charge in [-0.2, -0.15) is 0 Å². The Morgan fingerprint density at radius 3 is 2.74 bits per heavy atom. The maximum Gasteiger partial charge on any atom is 0.275 e. The first-order valence-corrected chi connectivity index (χ1v) is 9.35. The van der Waals surface area contributed by atoms with Gasteiger partial charge < -0.3 is 15.5 Å². The van der Waals surface area contributed by atoms with Gasteiger partial charge in [-0.3, -0.25) is 9.59 Å². The summed E-state index contributed by atoms with van der Waals surface area (Å²) in [6, 6.07) is 3.90. The van der Waals surface area contributed by atoms with Crippen LogP contribution in [0.2, 0.25) is 0 Å². The number of quaternary nitrogens is 1. The SMILES string of the molecule is C[C@H]1c2ccsc2CC[NH+]1CC(=O)NCC(=O)Nc1ccc(F)c(F)c1F. The molecule has 2 aromatic rings. The van der Waals surface area contributed by atoms with Crippen LogP contribution in [0.15, 0.2) is 23.6 Å². The molecule has 1 aromatic heterocycles. The monoisotopic (exact) mass is 398 g/mol. The number of carbonyl (C=O) groups excluding carboxylic acids is 2. The van der Waals surface area contributed by atoms with Gasteiger partial charge in [0, 0.05) is 16.9 Å². The lowest BCUT2D eigenvalue weighted by Gasteiger charge is -2.29. The van der Waals surface area contributed by atoms with Gasteiger partial charge in [0.1, 0.15) is 6.04 Å². The highest BCUT2D eigenvalue weighted by Gasteiger charge is 2.29. The molecule has 2 atom stereocenters. The van der Waals surface area contributed by atoms with Gasteiger partial charge in [-0.25, -0.2) is 13.2 Å². The second-order valence-corrected chi connectivity index (χ2v) is 7.40. The number of amides is 2. The average Bonchev–Trinajstić information content (AvgIpc) is 3.12. The zero-order valence-corrected chi connectivity index (χ0v) is 15.4. The number of rotatable bonds is 5. The summed E-state index contributed by atoms with van der Waals surface area (Å²) in [5, 5.41) is 6.64. The summed E-state index contributed by atoms with van der Waals surface area (Å²) >= 11 is 1.72. The summed E-state index contributed by atoms with van der Waals surface area (Å²) in [6.07, 6.45) is 0.913. The number of halogens is 3. The largest absolute Gasteiger partial charge is 0.342 e. The van der Waals surface area contributed by atoms with E-state index in [4.69, 9.17) is 0 Å². The molecule has 27 heavy (non-hydrogen) atoms. The van der Waals surface area contributed by atoms with Crippen LogP contribution in [0.5, 0.6) is 0 Å². The van der Waals surface area contributed by atoms with Crippen molar-refractivity contribution < 1.29 is 27.7 Å². The molecule has 1 aromatic carbocycles. The van der Waals surface area contributed by atoms with E-state index in [1.54, 1.807) is 11.3 Å². The smallest absolute Gasteiger partial charge is 0.275 e. The summed E-state index contributed by atoms with van der Waals surface area (Å²) in [4.78, 5) is 26.4. The van der Waals surface area contributed by atoms with Gasteiger partial charge in [0.2, 0.25) is 5.91 Å².